The average molecular weight is 382 g/mol. The first-order chi connectivity index (χ1) is 13.2. The summed E-state index contributed by atoms with van der Waals surface area (Å²) in [6.45, 7) is 2.27. The van der Waals surface area contributed by atoms with E-state index in [1.807, 2.05) is 30.3 Å². The Morgan fingerprint density at radius 3 is 2.81 bits per heavy atom. The van der Waals surface area contributed by atoms with Gasteiger partial charge in [0.2, 0.25) is 5.91 Å². The van der Waals surface area contributed by atoms with Crippen molar-refractivity contribution in [2.24, 2.45) is 0 Å². The number of para-hydroxylation sites is 1. The van der Waals surface area contributed by atoms with E-state index in [1.54, 1.807) is 18.4 Å². The van der Waals surface area contributed by atoms with Gasteiger partial charge in [-0.2, -0.15) is 0 Å². The van der Waals surface area contributed by atoms with Gasteiger partial charge < -0.3 is 10.1 Å². The third-order valence-corrected chi connectivity index (χ3v) is 6.17. The van der Waals surface area contributed by atoms with E-state index in [-0.39, 0.29) is 5.91 Å². The summed E-state index contributed by atoms with van der Waals surface area (Å²) in [6.07, 6.45) is 2.10. The molecule has 1 saturated heterocycles. The second-order valence-corrected chi connectivity index (χ2v) is 7.91. The Balaban J connectivity index is 1.30. The standard InChI is InChI=1S/C21H23N3O2S/c1-26-17-6-4-5-16(13-17)22-20(25)14-24-11-9-15(10-12-24)21-23-18-7-2-3-8-19(18)27-21/h2-8,13,15H,9-12,14H2,1H3,(H,22,25). The van der Waals surface area contributed by atoms with Crippen LogP contribution in [0.3, 0.4) is 0 Å². The molecule has 0 bridgehead atoms. The third kappa shape index (κ3) is 4.28. The van der Waals surface area contributed by atoms with E-state index in [0.29, 0.717) is 12.5 Å². The number of piperidine rings is 1. The van der Waals surface area contributed by atoms with Crippen molar-refractivity contribution in [3.8, 4) is 5.75 Å². The van der Waals surface area contributed by atoms with Crippen LogP contribution in [0.4, 0.5) is 5.69 Å². The molecule has 27 heavy (non-hydrogen) atoms. The lowest BCUT2D eigenvalue weighted by atomic mass is 9.97. The van der Waals surface area contributed by atoms with Crippen LogP contribution < -0.4 is 10.1 Å². The summed E-state index contributed by atoms with van der Waals surface area (Å²) in [5.41, 5.74) is 1.86. The van der Waals surface area contributed by atoms with Crippen LogP contribution >= 0.6 is 11.3 Å². The zero-order valence-electron chi connectivity index (χ0n) is 15.4. The molecule has 3 aromatic rings. The molecule has 5 nitrogen and oxygen atoms in total. The SMILES string of the molecule is COc1cccc(NC(=O)CN2CCC(c3nc4ccccc4s3)CC2)c1. The lowest BCUT2D eigenvalue weighted by molar-refractivity contribution is -0.117. The van der Waals surface area contributed by atoms with Crippen LogP contribution in [-0.2, 0) is 4.79 Å². The Kier molecular flexibility index (Phi) is 5.36. The fourth-order valence-electron chi connectivity index (χ4n) is 3.51. The number of hydrogen-bond acceptors (Lipinski definition) is 5. The molecule has 6 heteroatoms. The number of methoxy groups -OCH3 is 1. The second-order valence-electron chi connectivity index (χ2n) is 6.85. The van der Waals surface area contributed by atoms with Crippen LogP contribution in [0.2, 0.25) is 0 Å². The summed E-state index contributed by atoms with van der Waals surface area (Å²) >= 11 is 1.80. The predicted octanol–water partition coefficient (Wildman–Crippen LogP) is 4.12. The molecule has 0 atom stereocenters. The highest BCUT2D eigenvalue weighted by atomic mass is 32.1. The monoisotopic (exact) mass is 381 g/mol. The van der Waals surface area contributed by atoms with Crippen LogP contribution in [0.25, 0.3) is 10.2 Å². The Bertz CT molecular complexity index is 899. The molecule has 2 aromatic carbocycles. The Morgan fingerprint density at radius 1 is 1.22 bits per heavy atom. The normalized spacial score (nSPS) is 15.7. The van der Waals surface area contributed by atoms with E-state index < -0.39 is 0 Å². The van der Waals surface area contributed by atoms with Crippen molar-refractivity contribution in [1.82, 2.24) is 9.88 Å². The molecule has 0 saturated carbocycles. The first-order valence-electron chi connectivity index (χ1n) is 9.23. The minimum atomic E-state index is 0.0155. The number of thiazole rings is 1. The van der Waals surface area contributed by atoms with Gasteiger partial charge in [-0.15, -0.1) is 11.3 Å². The molecule has 0 unspecified atom stereocenters. The molecule has 1 aliphatic heterocycles. The van der Waals surface area contributed by atoms with Gasteiger partial charge >= 0.3 is 0 Å². The molecule has 1 aliphatic rings. The topological polar surface area (TPSA) is 54.5 Å². The molecule has 0 radical (unpaired) electrons. The van der Waals surface area contributed by atoms with Gasteiger partial charge in [0.15, 0.2) is 0 Å². The molecule has 1 N–H and O–H groups in total. The van der Waals surface area contributed by atoms with E-state index in [4.69, 9.17) is 9.72 Å². The van der Waals surface area contributed by atoms with E-state index in [1.165, 1.54) is 9.71 Å². The van der Waals surface area contributed by atoms with Crippen LogP contribution in [0.5, 0.6) is 5.75 Å². The van der Waals surface area contributed by atoms with Crippen LogP contribution in [0.15, 0.2) is 48.5 Å². The number of carbonyl (C=O) groups is 1. The summed E-state index contributed by atoms with van der Waals surface area (Å²) in [7, 11) is 1.62. The first kappa shape index (κ1) is 17.9. The van der Waals surface area contributed by atoms with Gasteiger partial charge in [0.1, 0.15) is 5.75 Å². The quantitative estimate of drug-likeness (QED) is 0.722. The number of ether oxygens (including phenoxy) is 1. The highest BCUT2D eigenvalue weighted by Gasteiger charge is 2.24. The van der Waals surface area contributed by atoms with Gasteiger partial charge in [-0.05, 0) is 50.2 Å². The number of amides is 1. The molecule has 140 valence electrons. The Hall–Kier alpha value is -2.44. The number of benzene rings is 2. The number of likely N-dealkylation sites (tertiary alicyclic amines) is 1. The zero-order valence-corrected chi connectivity index (χ0v) is 16.2. The van der Waals surface area contributed by atoms with E-state index in [0.717, 1.165) is 42.9 Å². The first-order valence-corrected chi connectivity index (χ1v) is 10.0. The lowest BCUT2D eigenvalue weighted by Gasteiger charge is -2.30. The lowest BCUT2D eigenvalue weighted by Crippen LogP contribution is -2.38. The van der Waals surface area contributed by atoms with Gasteiger partial charge in [-0.1, -0.05) is 18.2 Å². The number of rotatable bonds is 5. The van der Waals surface area contributed by atoms with Crippen molar-refractivity contribution in [2.45, 2.75) is 18.8 Å². The molecule has 1 fully saturated rings. The molecular weight excluding hydrogens is 358 g/mol. The van der Waals surface area contributed by atoms with Gasteiger partial charge in [-0.25, -0.2) is 4.98 Å². The zero-order chi connectivity index (χ0) is 18.6. The van der Waals surface area contributed by atoms with E-state index >= 15 is 0 Å². The maximum Gasteiger partial charge on any atom is 0.238 e. The average Bonchev–Trinajstić information content (AvgIpc) is 3.13. The molecular formula is C21H23N3O2S. The van der Waals surface area contributed by atoms with Gasteiger partial charge in [0.25, 0.3) is 0 Å². The van der Waals surface area contributed by atoms with Crippen molar-refractivity contribution in [1.29, 1.82) is 0 Å². The van der Waals surface area contributed by atoms with Crippen LogP contribution in [0, 0.1) is 0 Å². The number of aromatic nitrogens is 1. The summed E-state index contributed by atoms with van der Waals surface area (Å²) in [6, 6.07) is 15.8. The fourth-order valence-corrected chi connectivity index (χ4v) is 4.64. The highest BCUT2D eigenvalue weighted by Crippen LogP contribution is 2.33. The maximum absolute atomic E-state index is 12.3. The van der Waals surface area contributed by atoms with Crippen molar-refractivity contribution in [3.05, 3.63) is 53.5 Å². The number of nitrogens with one attached hydrogen (secondary N) is 1. The smallest absolute Gasteiger partial charge is 0.238 e. The van der Waals surface area contributed by atoms with Crippen molar-refractivity contribution in [3.63, 3.8) is 0 Å². The number of carbonyl (C=O) groups excluding carboxylic acids is 1. The van der Waals surface area contributed by atoms with Gasteiger partial charge in [0, 0.05) is 17.7 Å². The van der Waals surface area contributed by atoms with Gasteiger partial charge in [-0.3, -0.25) is 9.69 Å². The fraction of sp³-hybridized carbons (Fsp3) is 0.333. The van der Waals surface area contributed by atoms with Gasteiger partial charge in [0.05, 0.1) is 28.9 Å². The summed E-state index contributed by atoms with van der Waals surface area (Å²) in [5.74, 6) is 1.26. The molecule has 1 aromatic heterocycles. The molecule has 4 rings (SSSR count). The van der Waals surface area contributed by atoms with Crippen LogP contribution in [-0.4, -0.2) is 42.5 Å². The highest BCUT2D eigenvalue weighted by molar-refractivity contribution is 7.18. The molecule has 2 heterocycles. The van der Waals surface area contributed by atoms with E-state index in [2.05, 4.69) is 28.4 Å². The number of nitrogens with zero attached hydrogens (tertiary/aromatic N) is 2. The minimum absolute atomic E-state index is 0.0155. The number of anilines is 1. The largest absolute Gasteiger partial charge is 0.497 e. The molecule has 0 spiro atoms. The summed E-state index contributed by atoms with van der Waals surface area (Å²) in [4.78, 5) is 19.4. The summed E-state index contributed by atoms with van der Waals surface area (Å²) < 4.78 is 6.45. The maximum atomic E-state index is 12.3. The van der Waals surface area contributed by atoms with Crippen molar-refractivity contribution < 1.29 is 9.53 Å². The number of fused-ring (bicyclic) bond motifs is 1. The third-order valence-electron chi connectivity index (χ3n) is 4.97. The van der Waals surface area contributed by atoms with Crippen molar-refractivity contribution in [2.75, 3.05) is 32.1 Å². The van der Waals surface area contributed by atoms with Crippen molar-refractivity contribution >= 4 is 33.1 Å². The number of hydrogen-bond donors (Lipinski definition) is 1. The Labute approximate surface area is 163 Å². The summed E-state index contributed by atoms with van der Waals surface area (Å²) in [5, 5.41) is 4.19. The molecule has 0 aliphatic carbocycles. The predicted molar refractivity (Wildman–Crippen MR) is 110 cm³/mol. The second kappa shape index (κ2) is 8.06. The van der Waals surface area contributed by atoms with Crippen LogP contribution in [0.1, 0.15) is 23.8 Å². The molecule has 1 amide bonds. The Morgan fingerprint density at radius 2 is 2.04 bits per heavy atom. The van der Waals surface area contributed by atoms with E-state index in [9.17, 15) is 4.79 Å². The minimum Gasteiger partial charge on any atom is -0.497 e.